The van der Waals surface area contributed by atoms with Crippen LogP contribution < -0.4 is 45.0 Å². The maximum atomic E-state index is 14.1. The highest BCUT2D eigenvalue weighted by atomic mass is 16.7. The van der Waals surface area contributed by atoms with Crippen molar-refractivity contribution in [2.75, 3.05) is 44.7 Å². The van der Waals surface area contributed by atoms with E-state index in [1.165, 1.54) is 0 Å². The van der Waals surface area contributed by atoms with Gasteiger partial charge in [0.05, 0.1) is 36.9 Å². The number of hydrogen-bond acceptors (Lipinski definition) is 18. The predicted molar refractivity (Wildman–Crippen MR) is 290 cm³/mol. The summed E-state index contributed by atoms with van der Waals surface area (Å²) >= 11 is 0. The molecule has 0 aromatic heterocycles. The summed E-state index contributed by atoms with van der Waals surface area (Å²) in [5, 5.41) is 50.1. The molecule has 3 heterocycles. The Morgan fingerprint density at radius 1 is 0.684 bits per heavy atom. The Hall–Kier alpha value is -3.78. The van der Waals surface area contributed by atoms with Crippen LogP contribution in [0.5, 0.6) is 0 Å². The van der Waals surface area contributed by atoms with Crippen LogP contribution in [0.1, 0.15) is 95.5 Å². The fraction of sp³-hybridized carbons (Fsp3) is 0.679. The van der Waals surface area contributed by atoms with Gasteiger partial charge in [-0.25, -0.2) is 0 Å². The maximum Gasteiger partial charge on any atom is 0.246 e. The number of fused-ring (bicyclic) bond motifs is 1. The largest absolute Gasteiger partial charge is 0.394 e. The lowest BCUT2D eigenvalue weighted by Crippen LogP contribution is -2.68. The summed E-state index contributed by atoms with van der Waals surface area (Å²) in [6.07, 6.45) is 2.24. The second kappa shape index (κ2) is 30.0. The average Bonchev–Trinajstić information content (AvgIpc) is 3.85. The first-order valence-electron chi connectivity index (χ1n) is 28.0. The van der Waals surface area contributed by atoms with E-state index in [0.29, 0.717) is 38.1 Å². The molecule has 3 saturated heterocycles. The van der Waals surface area contributed by atoms with Crippen LogP contribution in [0.3, 0.4) is 0 Å². The molecule has 20 heteroatoms. The number of aryl methyl sites for hydroxylation is 1. The highest BCUT2D eigenvalue weighted by Crippen LogP contribution is 2.33. The maximum absolute atomic E-state index is 14.1. The molecule has 0 bridgehead atoms. The van der Waals surface area contributed by atoms with E-state index in [-0.39, 0.29) is 43.2 Å². The summed E-state index contributed by atoms with van der Waals surface area (Å²) in [6, 6.07) is 19.7. The molecule has 4 fully saturated rings. The van der Waals surface area contributed by atoms with Gasteiger partial charge in [-0.15, -0.1) is 0 Å². The molecule has 3 aliphatic heterocycles. The number of benzene rings is 3. The number of carbonyl (C=O) groups is 2. The van der Waals surface area contributed by atoms with Crippen molar-refractivity contribution >= 4 is 28.3 Å². The van der Waals surface area contributed by atoms with Crippen LogP contribution in [0.15, 0.2) is 72.8 Å². The normalized spacial score (nSPS) is 32.6. The van der Waals surface area contributed by atoms with E-state index >= 15 is 0 Å². The van der Waals surface area contributed by atoms with Gasteiger partial charge in [0, 0.05) is 37.5 Å². The molecule has 3 aromatic rings. The molecule has 2 amide bonds. The molecule has 7 rings (SSSR count). The molecule has 4 aliphatic rings. The van der Waals surface area contributed by atoms with E-state index in [1.54, 1.807) is 0 Å². The lowest BCUT2D eigenvalue weighted by atomic mass is 9.84. The molecule has 1 aliphatic carbocycles. The monoisotopic (exact) mass is 1060 g/mol. The number of rotatable bonds is 28. The van der Waals surface area contributed by atoms with Gasteiger partial charge in [-0.3, -0.25) is 14.5 Å². The minimum atomic E-state index is -1.43. The van der Waals surface area contributed by atoms with Gasteiger partial charge in [-0.05, 0) is 92.4 Å². The molecule has 76 heavy (non-hydrogen) atoms. The first kappa shape index (κ1) is 59.9. The molecule has 3 aromatic carbocycles. The molecule has 0 radical (unpaired) electrons. The summed E-state index contributed by atoms with van der Waals surface area (Å²) in [5.41, 5.74) is 39.6. The van der Waals surface area contributed by atoms with Crippen LogP contribution in [-0.4, -0.2) is 174 Å². The van der Waals surface area contributed by atoms with Crippen molar-refractivity contribution in [2.45, 2.75) is 194 Å². The van der Waals surface area contributed by atoms with E-state index in [9.17, 15) is 30.0 Å². The number of nitrogens with one attached hydrogen (secondary N) is 2. The predicted octanol–water partition coefficient (Wildman–Crippen LogP) is 1.19. The van der Waals surface area contributed by atoms with Gasteiger partial charge in [0.1, 0.15) is 42.7 Å². The molecular formula is C56H89N9O11. The number of nitrogens with zero attached hydrogens (tertiary/aromatic N) is 1. The summed E-state index contributed by atoms with van der Waals surface area (Å²) in [5.74, 6) is -0.139. The van der Waals surface area contributed by atoms with Crippen molar-refractivity contribution in [3.05, 3.63) is 78.4 Å². The average molecular weight is 1060 g/mol. The second-order valence-electron chi connectivity index (χ2n) is 21.7. The standard InChI is InChI=1S/C56H89N9O11/c57-30-35-26-43(54(71)64-42(23-20-34-16-10-9-11-17-34)53(70)63-38-22-21-36-18-12-13-19-37(36)27-38)65(32-35)24-14-7-5-3-1-2-4-6-8-15-25-72-52-50(75-55-41(61)29-44(67)45(31-58)73-55)39(59)28-40(60)51(52)76-56-49(69)47(62)48(68)46(33-66)74-56/h9-13,16-19,21-22,27,35,39-52,55-56,66-69H,1-8,14-15,20,23-26,28-33,57-62H2,(H,63,70)(H,64,71)/t35-,39+,40-,41-,42-,43-,44+,45-,46-,47+,48-,49-,50-,51+,52+,55-,56-/m1/s1. The number of likely N-dealkylation sites (tertiary alicyclic amines) is 1. The quantitative estimate of drug-likeness (QED) is 0.0454. The third-order valence-electron chi connectivity index (χ3n) is 15.9. The first-order chi connectivity index (χ1) is 36.8. The number of unbranched alkanes of at least 4 members (excludes halogenated alkanes) is 9. The van der Waals surface area contributed by atoms with Crippen LogP contribution in [0.2, 0.25) is 0 Å². The minimum absolute atomic E-state index is 0.0610. The molecule has 424 valence electrons. The number of carbonyl (C=O) groups excluding carboxylic acids is 2. The zero-order valence-electron chi connectivity index (χ0n) is 44.2. The molecular weight excluding hydrogens is 975 g/mol. The van der Waals surface area contributed by atoms with Crippen molar-refractivity contribution in [3.8, 4) is 0 Å². The van der Waals surface area contributed by atoms with Gasteiger partial charge >= 0.3 is 0 Å². The van der Waals surface area contributed by atoms with Gasteiger partial charge in [0.2, 0.25) is 11.8 Å². The molecule has 20 nitrogen and oxygen atoms in total. The molecule has 18 N–H and O–H groups in total. The van der Waals surface area contributed by atoms with Crippen molar-refractivity contribution < 1.29 is 53.7 Å². The lowest BCUT2D eigenvalue weighted by molar-refractivity contribution is -0.318. The lowest BCUT2D eigenvalue weighted by Gasteiger charge is -2.49. The number of nitrogens with two attached hydrogens (primary N) is 6. The summed E-state index contributed by atoms with van der Waals surface area (Å²) in [7, 11) is 0. The number of aliphatic hydroxyl groups is 4. The van der Waals surface area contributed by atoms with Crippen LogP contribution in [0.25, 0.3) is 10.8 Å². The zero-order valence-corrected chi connectivity index (χ0v) is 44.2. The Balaban J connectivity index is 0.832. The molecule has 1 saturated carbocycles. The highest BCUT2D eigenvalue weighted by Gasteiger charge is 2.51. The van der Waals surface area contributed by atoms with Crippen molar-refractivity contribution in [2.24, 2.45) is 40.3 Å². The van der Waals surface area contributed by atoms with E-state index < -0.39 is 98.2 Å². The van der Waals surface area contributed by atoms with Gasteiger partial charge < -0.3 is 89.1 Å². The third-order valence-corrected chi connectivity index (χ3v) is 15.9. The zero-order chi connectivity index (χ0) is 54.1. The van der Waals surface area contributed by atoms with Crippen LogP contribution in [0, 0.1) is 5.92 Å². The van der Waals surface area contributed by atoms with E-state index in [2.05, 4.69) is 15.5 Å². The second-order valence-corrected chi connectivity index (χ2v) is 21.7. The summed E-state index contributed by atoms with van der Waals surface area (Å²) < 4.78 is 31.0. The molecule has 0 spiro atoms. The third kappa shape index (κ3) is 16.4. The number of amides is 2. The van der Waals surface area contributed by atoms with E-state index in [0.717, 1.165) is 93.6 Å². The van der Waals surface area contributed by atoms with Gasteiger partial charge in [-0.2, -0.15) is 0 Å². The fourth-order valence-electron chi connectivity index (χ4n) is 11.3. The van der Waals surface area contributed by atoms with E-state index in [4.69, 9.17) is 58.1 Å². The number of ether oxygens (including phenoxy) is 5. The Labute approximate surface area is 448 Å². The summed E-state index contributed by atoms with van der Waals surface area (Å²) in [4.78, 5) is 30.2. The van der Waals surface area contributed by atoms with Crippen LogP contribution in [0.4, 0.5) is 5.69 Å². The number of hydrogen-bond donors (Lipinski definition) is 12. The highest BCUT2D eigenvalue weighted by molar-refractivity contribution is 5.99. The fourth-order valence-corrected chi connectivity index (χ4v) is 11.3. The minimum Gasteiger partial charge on any atom is -0.394 e. The number of aliphatic hydroxyl groups excluding tert-OH is 4. The Kier molecular flexibility index (Phi) is 23.6. The SMILES string of the molecule is NC[C@H]1C[C@H](C(=O)N[C@H](CCc2ccccc2)C(=O)Nc2ccc3ccccc3c2)N(CCCCCCCCCCCCO[C@@H]2[C@@H](O[C@H]3O[C@H](CO)[C@@H](O)[C@H](N)[C@H]3O)[C@H](N)C[C@H](N)[C@H]2O[C@H]2O[C@H](CN)[C@@H](O)C[C@H]2N)C1. The van der Waals surface area contributed by atoms with Crippen molar-refractivity contribution in [1.82, 2.24) is 10.2 Å². The van der Waals surface area contributed by atoms with Gasteiger partial charge in [0.15, 0.2) is 12.6 Å². The van der Waals surface area contributed by atoms with Crippen molar-refractivity contribution in [3.63, 3.8) is 0 Å². The van der Waals surface area contributed by atoms with E-state index in [1.807, 2.05) is 72.8 Å². The van der Waals surface area contributed by atoms with Crippen molar-refractivity contribution in [1.29, 1.82) is 0 Å². The van der Waals surface area contributed by atoms with Crippen LogP contribution >= 0.6 is 0 Å². The first-order valence-corrected chi connectivity index (χ1v) is 28.0. The topological polar surface area (TPSA) is 345 Å². The summed E-state index contributed by atoms with van der Waals surface area (Å²) in [6.45, 7) is 1.92. The van der Waals surface area contributed by atoms with Gasteiger partial charge in [-0.1, -0.05) is 112 Å². The Morgan fingerprint density at radius 3 is 1.99 bits per heavy atom. The molecule has 0 unspecified atom stereocenters. The Morgan fingerprint density at radius 2 is 1.32 bits per heavy atom. The Bertz CT molecular complexity index is 2200. The van der Waals surface area contributed by atoms with Gasteiger partial charge in [0.25, 0.3) is 0 Å². The number of anilines is 1. The van der Waals surface area contributed by atoms with Crippen LogP contribution in [-0.2, 0) is 39.7 Å². The smallest absolute Gasteiger partial charge is 0.246 e. The molecule has 17 atom stereocenters.